The van der Waals surface area contributed by atoms with E-state index in [9.17, 15) is 5.11 Å². The van der Waals surface area contributed by atoms with Crippen molar-refractivity contribution in [1.29, 1.82) is 0 Å². The molecule has 0 bridgehead atoms. The van der Waals surface area contributed by atoms with Crippen LogP contribution in [0.1, 0.15) is 53.4 Å². The molecule has 2 rings (SSSR count). The topological polar surface area (TPSA) is 20.2 Å². The number of aliphatic hydroxyl groups excluding tert-OH is 1. The Morgan fingerprint density at radius 3 is 2.67 bits per heavy atom. The number of hydrogen-bond donors (Lipinski definition) is 1. The van der Waals surface area contributed by atoms with E-state index in [2.05, 4.69) is 33.8 Å². The molecule has 0 radical (unpaired) electrons. The van der Waals surface area contributed by atoms with Gasteiger partial charge >= 0.3 is 0 Å². The van der Waals surface area contributed by atoms with Crippen LogP contribution in [0.2, 0.25) is 0 Å². The monoisotopic (exact) mass is 208 g/mol. The zero-order valence-electron chi connectivity index (χ0n) is 10.5. The first-order chi connectivity index (χ1) is 6.92. The minimum absolute atomic E-state index is 0.101. The average Bonchev–Trinajstić information content (AvgIpc) is 2.20. The molecular weight excluding hydrogens is 184 g/mol. The van der Waals surface area contributed by atoms with Gasteiger partial charge in [-0.15, -0.1) is 0 Å². The van der Waals surface area contributed by atoms with Crippen molar-refractivity contribution in [2.24, 2.45) is 16.7 Å². The van der Waals surface area contributed by atoms with E-state index in [1.165, 1.54) is 18.4 Å². The first-order valence-electron chi connectivity index (χ1n) is 6.27. The van der Waals surface area contributed by atoms with Crippen LogP contribution in [0.4, 0.5) is 0 Å². The van der Waals surface area contributed by atoms with Gasteiger partial charge in [0.05, 0.1) is 6.10 Å². The summed E-state index contributed by atoms with van der Waals surface area (Å²) < 4.78 is 0. The van der Waals surface area contributed by atoms with Gasteiger partial charge < -0.3 is 5.11 Å². The molecule has 0 aliphatic heterocycles. The maximum Gasteiger partial charge on any atom is 0.0627 e. The van der Waals surface area contributed by atoms with Crippen molar-refractivity contribution in [2.45, 2.75) is 59.5 Å². The summed E-state index contributed by atoms with van der Waals surface area (Å²) in [6, 6.07) is 0. The van der Waals surface area contributed by atoms with Gasteiger partial charge in [0.2, 0.25) is 0 Å². The molecule has 1 fully saturated rings. The van der Waals surface area contributed by atoms with Crippen LogP contribution in [0.15, 0.2) is 11.6 Å². The lowest BCUT2D eigenvalue weighted by molar-refractivity contribution is -0.114. The second-order valence-corrected chi connectivity index (χ2v) is 6.14. The summed E-state index contributed by atoms with van der Waals surface area (Å²) in [4.78, 5) is 0. The molecule has 15 heavy (non-hydrogen) atoms. The van der Waals surface area contributed by atoms with E-state index < -0.39 is 0 Å². The van der Waals surface area contributed by atoms with E-state index in [0.717, 1.165) is 12.8 Å². The molecule has 1 N–H and O–H groups in total. The molecule has 86 valence electrons. The van der Waals surface area contributed by atoms with E-state index in [1.807, 2.05) is 0 Å². The van der Waals surface area contributed by atoms with Crippen molar-refractivity contribution in [3.8, 4) is 0 Å². The summed E-state index contributed by atoms with van der Waals surface area (Å²) >= 11 is 0. The van der Waals surface area contributed by atoms with Gasteiger partial charge in [0.25, 0.3) is 0 Å². The van der Waals surface area contributed by atoms with Gasteiger partial charge in [-0.05, 0) is 43.9 Å². The van der Waals surface area contributed by atoms with Gasteiger partial charge in [-0.25, -0.2) is 0 Å². The van der Waals surface area contributed by atoms with Crippen molar-refractivity contribution >= 4 is 0 Å². The molecule has 0 saturated heterocycles. The van der Waals surface area contributed by atoms with Crippen molar-refractivity contribution in [3.05, 3.63) is 11.6 Å². The Bertz CT molecular complexity index is 294. The summed E-state index contributed by atoms with van der Waals surface area (Å²) in [6.45, 7) is 9.10. The van der Waals surface area contributed by atoms with Crippen molar-refractivity contribution in [1.82, 2.24) is 0 Å². The molecule has 0 spiro atoms. The zero-order chi connectivity index (χ0) is 11.3. The fraction of sp³-hybridized carbons (Fsp3) is 0.857. The molecule has 4 unspecified atom stereocenters. The molecule has 0 aromatic heterocycles. The number of hydrogen-bond acceptors (Lipinski definition) is 1. The molecule has 0 aromatic carbocycles. The standard InChI is InChI=1S/C14H24O/c1-10-7-9-13(3)11(2)6-5-8-14(13,4)12(10)15/h6,10,12,15H,5,7-9H2,1-4H3. The van der Waals surface area contributed by atoms with E-state index in [0.29, 0.717) is 5.92 Å². The Kier molecular flexibility index (Phi) is 2.50. The van der Waals surface area contributed by atoms with Crippen molar-refractivity contribution < 1.29 is 5.11 Å². The minimum Gasteiger partial charge on any atom is -0.392 e. The molecule has 0 heterocycles. The highest BCUT2D eigenvalue weighted by atomic mass is 16.3. The number of fused-ring (bicyclic) bond motifs is 1. The number of aliphatic hydroxyl groups is 1. The van der Waals surface area contributed by atoms with Crippen LogP contribution in [0.3, 0.4) is 0 Å². The smallest absolute Gasteiger partial charge is 0.0627 e. The second kappa shape index (κ2) is 3.35. The average molecular weight is 208 g/mol. The molecule has 1 nitrogen and oxygen atoms in total. The van der Waals surface area contributed by atoms with Crippen LogP contribution >= 0.6 is 0 Å². The molecule has 1 saturated carbocycles. The van der Waals surface area contributed by atoms with Gasteiger partial charge in [0.15, 0.2) is 0 Å². The van der Waals surface area contributed by atoms with Gasteiger partial charge in [0, 0.05) is 5.41 Å². The molecular formula is C14H24O. The van der Waals surface area contributed by atoms with Crippen LogP contribution in [0.25, 0.3) is 0 Å². The van der Waals surface area contributed by atoms with Crippen LogP contribution < -0.4 is 0 Å². The lowest BCUT2D eigenvalue weighted by atomic mass is 9.48. The molecule has 4 atom stereocenters. The van der Waals surface area contributed by atoms with E-state index >= 15 is 0 Å². The highest BCUT2D eigenvalue weighted by molar-refractivity contribution is 5.23. The second-order valence-electron chi connectivity index (χ2n) is 6.14. The van der Waals surface area contributed by atoms with Gasteiger partial charge in [-0.1, -0.05) is 32.4 Å². The molecule has 2 aliphatic rings. The van der Waals surface area contributed by atoms with Gasteiger partial charge in [-0.3, -0.25) is 0 Å². The summed E-state index contributed by atoms with van der Waals surface area (Å²) in [7, 11) is 0. The fourth-order valence-electron chi connectivity index (χ4n) is 3.80. The Morgan fingerprint density at radius 2 is 2.00 bits per heavy atom. The molecule has 0 amide bonds. The molecule has 0 aromatic rings. The minimum atomic E-state index is -0.125. The normalized spacial score (nSPS) is 50.9. The Hall–Kier alpha value is -0.300. The van der Waals surface area contributed by atoms with Crippen molar-refractivity contribution in [2.75, 3.05) is 0 Å². The highest BCUT2D eigenvalue weighted by Gasteiger charge is 2.54. The van der Waals surface area contributed by atoms with Crippen molar-refractivity contribution in [3.63, 3.8) is 0 Å². The van der Waals surface area contributed by atoms with Crippen LogP contribution in [0, 0.1) is 16.7 Å². The van der Waals surface area contributed by atoms with E-state index in [-0.39, 0.29) is 16.9 Å². The Morgan fingerprint density at radius 1 is 1.33 bits per heavy atom. The summed E-state index contributed by atoms with van der Waals surface area (Å²) in [5.41, 5.74) is 1.84. The number of rotatable bonds is 0. The van der Waals surface area contributed by atoms with Crippen LogP contribution in [0.5, 0.6) is 0 Å². The maximum absolute atomic E-state index is 10.5. The third-order valence-electron chi connectivity index (χ3n) is 5.54. The van der Waals surface area contributed by atoms with Crippen LogP contribution in [-0.4, -0.2) is 11.2 Å². The zero-order valence-corrected chi connectivity index (χ0v) is 10.5. The lowest BCUT2D eigenvalue weighted by Gasteiger charge is -2.57. The molecule has 1 heteroatoms. The summed E-state index contributed by atoms with van der Waals surface area (Å²) in [6.07, 6.45) is 6.95. The SMILES string of the molecule is CC1=CCCC2(C)C(O)C(C)CCC12C. The maximum atomic E-state index is 10.5. The quantitative estimate of drug-likeness (QED) is 0.604. The van der Waals surface area contributed by atoms with E-state index in [1.54, 1.807) is 0 Å². The first kappa shape index (κ1) is 11.2. The Labute approximate surface area is 93.6 Å². The predicted octanol–water partition coefficient (Wildman–Crippen LogP) is 3.53. The van der Waals surface area contributed by atoms with E-state index in [4.69, 9.17) is 0 Å². The predicted molar refractivity (Wildman–Crippen MR) is 63.6 cm³/mol. The number of allylic oxidation sites excluding steroid dienone is 2. The third-order valence-corrected chi connectivity index (χ3v) is 5.54. The van der Waals surface area contributed by atoms with Gasteiger partial charge in [0.1, 0.15) is 0 Å². The van der Waals surface area contributed by atoms with Crippen LogP contribution in [-0.2, 0) is 0 Å². The summed E-state index contributed by atoms with van der Waals surface area (Å²) in [5.74, 6) is 0.467. The van der Waals surface area contributed by atoms with Gasteiger partial charge in [-0.2, -0.15) is 0 Å². The summed E-state index contributed by atoms with van der Waals surface area (Å²) in [5, 5.41) is 10.5. The lowest BCUT2D eigenvalue weighted by Crippen LogP contribution is -2.54. The first-order valence-corrected chi connectivity index (χ1v) is 6.27. The highest BCUT2D eigenvalue weighted by Crippen LogP contribution is 2.60. The fourth-order valence-corrected chi connectivity index (χ4v) is 3.80. The third kappa shape index (κ3) is 1.32. The molecule has 2 aliphatic carbocycles. The largest absolute Gasteiger partial charge is 0.392 e. The Balaban J connectivity index is 2.43.